The van der Waals surface area contributed by atoms with E-state index in [1.54, 1.807) is 24.3 Å². The molecule has 0 unspecified atom stereocenters. The highest BCUT2D eigenvalue weighted by molar-refractivity contribution is 9.10. The van der Waals surface area contributed by atoms with Crippen LogP contribution in [0.1, 0.15) is 0 Å². The highest BCUT2D eigenvalue weighted by Crippen LogP contribution is 2.35. The van der Waals surface area contributed by atoms with Crippen LogP contribution >= 0.6 is 15.9 Å². The normalized spacial score (nSPS) is 10.2. The molecule has 18 heavy (non-hydrogen) atoms. The monoisotopic (exact) mass is 311 g/mol. The molecule has 3 nitrogen and oxygen atoms in total. The van der Waals surface area contributed by atoms with Gasteiger partial charge in [0, 0.05) is 16.2 Å². The Kier molecular flexibility index (Phi) is 3.72. The first-order chi connectivity index (χ1) is 8.60. The van der Waals surface area contributed by atoms with Crippen molar-refractivity contribution < 1.29 is 13.9 Å². The SMILES string of the molecule is COc1cc(Br)ccc1Oc1ccc(N)cc1F. The lowest BCUT2D eigenvalue weighted by Crippen LogP contribution is -1.93. The second kappa shape index (κ2) is 5.27. The predicted molar refractivity (Wildman–Crippen MR) is 71.6 cm³/mol. The van der Waals surface area contributed by atoms with Crippen molar-refractivity contribution in [2.45, 2.75) is 0 Å². The molecule has 94 valence electrons. The second-order valence-corrected chi connectivity index (χ2v) is 4.50. The topological polar surface area (TPSA) is 44.5 Å². The van der Waals surface area contributed by atoms with Gasteiger partial charge in [0.15, 0.2) is 23.1 Å². The van der Waals surface area contributed by atoms with E-state index >= 15 is 0 Å². The van der Waals surface area contributed by atoms with Gasteiger partial charge in [0.1, 0.15) is 0 Å². The molecule has 0 heterocycles. The molecule has 0 aromatic heterocycles. The number of anilines is 1. The highest BCUT2D eigenvalue weighted by atomic mass is 79.9. The number of hydrogen-bond acceptors (Lipinski definition) is 3. The summed E-state index contributed by atoms with van der Waals surface area (Å²) in [6, 6.07) is 9.48. The lowest BCUT2D eigenvalue weighted by Gasteiger charge is -2.11. The molecule has 0 aliphatic carbocycles. The molecule has 2 rings (SSSR count). The van der Waals surface area contributed by atoms with Crippen LogP contribution in [0.4, 0.5) is 10.1 Å². The van der Waals surface area contributed by atoms with Crippen LogP contribution in [0.25, 0.3) is 0 Å². The van der Waals surface area contributed by atoms with Crippen molar-refractivity contribution in [3.8, 4) is 17.2 Å². The minimum atomic E-state index is -0.514. The lowest BCUT2D eigenvalue weighted by atomic mass is 10.3. The third-order valence-electron chi connectivity index (χ3n) is 2.30. The van der Waals surface area contributed by atoms with Crippen LogP contribution in [-0.2, 0) is 0 Å². The van der Waals surface area contributed by atoms with Gasteiger partial charge in [-0.2, -0.15) is 0 Å². The van der Waals surface area contributed by atoms with Crippen LogP contribution < -0.4 is 15.2 Å². The molecule has 0 saturated carbocycles. The van der Waals surface area contributed by atoms with Crippen molar-refractivity contribution in [3.05, 3.63) is 46.7 Å². The molecule has 2 aromatic carbocycles. The molecule has 0 aliphatic heterocycles. The molecule has 0 amide bonds. The van der Waals surface area contributed by atoms with Crippen LogP contribution in [0.2, 0.25) is 0 Å². The van der Waals surface area contributed by atoms with Gasteiger partial charge >= 0.3 is 0 Å². The molecule has 0 atom stereocenters. The smallest absolute Gasteiger partial charge is 0.169 e. The molecule has 5 heteroatoms. The second-order valence-electron chi connectivity index (χ2n) is 3.59. The molecule has 0 bridgehead atoms. The van der Waals surface area contributed by atoms with Crippen molar-refractivity contribution in [3.63, 3.8) is 0 Å². The summed E-state index contributed by atoms with van der Waals surface area (Å²) < 4.78 is 25.1. The number of benzene rings is 2. The Morgan fingerprint density at radius 3 is 2.44 bits per heavy atom. The Bertz CT molecular complexity index is 575. The summed E-state index contributed by atoms with van der Waals surface area (Å²) in [5, 5.41) is 0. The van der Waals surface area contributed by atoms with Gasteiger partial charge in [-0.1, -0.05) is 15.9 Å². The minimum Gasteiger partial charge on any atom is -0.493 e. The van der Waals surface area contributed by atoms with Gasteiger partial charge in [-0.25, -0.2) is 4.39 Å². The standard InChI is InChI=1S/C13H11BrFNO2/c1-17-13-6-8(14)2-4-12(13)18-11-5-3-9(16)7-10(11)15/h2-7H,16H2,1H3. The van der Waals surface area contributed by atoms with Crippen LogP contribution in [0.15, 0.2) is 40.9 Å². The Labute approximate surface area is 112 Å². The molecule has 0 aliphatic rings. The van der Waals surface area contributed by atoms with Crippen molar-refractivity contribution in [2.75, 3.05) is 12.8 Å². The molecule has 0 spiro atoms. The first-order valence-corrected chi connectivity index (χ1v) is 5.96. The van der Waals surface area contributed by atoms with Crippen LogP contribution in [0.5, 0.6) is 17.2 Å². The number of ether oxygens (including phenoxy) is 2. The molecule has 0 fully saturated rings. The van der Waals surface area contributed by atoms with E-state index in [1.165, 1.54) is 19.2 Å². The van der Waals surface area contributed by atoms with Gasteiger partial charge in [-0.15, -0.1) is 0 Å². The highest BCUT2D eigenvalue weighted by Gasteiger charge is 2.09. The van der Waals surface area contributed by atoms with E-state index < -0.39 is 5.82 Å². The molecule has 2 aromatic rings. The fraction of sp³-hybridized carbons (Fsp3) is 0.0769. The van der Waals surface area contributed by atoms with Gasteiger partial charge in [0.25, 0.3) is 0 Å². The van der Waals surface area contributed by atoms with Crippen molar-refractivity contribution in [2.24, 2.45) is 0 Å². The Morgan fingerprint density at radius 2 is 1.78 bits per heavy atom. The maximum absolute atomic E-state index is 13.6. The number of methoxy groups -OCH3 is 1. The van der Waals surface area contributed by atoms with E-state index in [9.17, 15) is 4.39 Å². The largest absolute Gasteiger partial charge is 0.493 e. The van der Waals surface area contributed by atoms with Gasteiger partial charge < -0.3 is 15.2 Å². The van der Waals surface area contributed by atoms with Crippen LogP contribution in [0.3, 0.4) is 0 Å². The Morgan fingerprint density at radius 1 is 1.06 bits per heavy atom. The summed E-state index contributed by atoms with van der Waals surface area (Å²) in [6.45, 7) is 0. The predicted octanol–water partition coefficient (Wildman–Crippen LogP) is 3.97. The van der Waals surface area contributed by atoms with Crippen LogP contribution in [-0.4, -0.2) is 7.11 Å². The summed E-state index contributed by atoms with van der Waals surface area (Å²) in [6.07, 6.45) is 0. The number of nitrogen functional groups attached to an aromatic ring is 1. The van der Waals surface area contributed by atoms with E-state index in [1.807, 2.05) is 0 Å². The van der Waals surface area contributed by atoms with Gasteiger partial charge in [0.05, 0.1) is 7.11 Å². The summed E-state index contributed by atoms with van der Waals surface area (Å²) in [4.78, 5) is 0. The summed E-state index contributed by atoms with van der Waals surface area (Å²) in [5.74, 6) is 0.537. The van der Waals surface area contributed by atoms with E-state index in [4.69, 9.17) is 15.2 Å². The van der Waals surface area contributed by atoms with Gasteiger partial charge in [-0.05, 0) is 30.3 Å². The molecule has 2 N–H and O–H groups in total. The van der Waals surface area contributed by atoms with Crippen molar-refractivity contribution in [1.29, 1.82) is 0 Å². The van der Waals surface area contributed by atoms with E-state index in [-0.39, 0.29) is 5.75 Å². The van der Waals surface area contributed by atoms with Crippen LogP contribution in [0, 0.1) is 5.82 Å². The molecular formula is C13H11BrFNO2. The summed E-state index contributed by atoms with van der Waals surface area (Å²) in [5.41, 5.74) is 5.82. The number of nitrogens with two attached hydrogens (primary N) is 1. The zero-order valence-corrected chi connectivity index (χ0v) is 11.2. The van der Waals surface area contributed by atoms with E-state index in [0.29, 0.717) is 17.2 Å². The van der Waals surface area contributed by atoms with E-state index in [0.717, 1.165) is 4.47 Å². The quantitative estimate of drug-likeness (QED) is 0.872. The maximum Gasteiger partial charge on any atom is 0.169 e. The first-order valence-electron chi connectivity index (χ1n) is 5.16. The van der Waals surface area contributed by atoms with Crippen molar-refractivity contribution >= 4 is 21.6 Å². The number of hydrogen-bond donors (Lipinski definition) is 1. The summed E-state index contributed by atoms with van der Waals surface area (Å²) >= 11 is 3.32. The average Bonchev–Trinajstić information content (AvgIpc) is 2.34. The molecule has 0 saturated heterocycles. The fourth-order valence-corrected chi connectivity index (χ4v) is 1.78. The zero-order valence-electron chi connectivity index (χ0n) is 9.61. The average molecular weight is 312 g/mol. The van der Waals surface area contributed by atoms with Gasteiger partial charge in [-0.3, -0.25) is 0 Å². The zero-order chi connectivity index (χ0) is 13.1. The maximum atomic E-state index is 13.6. The molecular weight excluding hydrogens is 301 g/mol. The summed E-state index contributed by atoms with van der Waals surface area (Å²) in [7, 11) is 1.52. The van der Waals surface area contributed by atoms with E-state index in [2.05, 4.69) is 15.9 Å². The first kappa shape index (κ1) is 12.7. The fourth-order valence-electron chi connectivity index (χ4n) is 1.44. The Hall–Kier alpha value is -1.75. The Balaban J connectivity index is 2.33. The third-order valence-corrected chi connectivity index (χ3v) is 2.79. The minimum absolute atomic E-state index is 0.102. The van der Waals surface area contributed by atoms with Crippen molar-refractivity contribution in [1.82, 2.24) is 0 Å². The number of halogens is 2. The molecule has 0 radical (unpaired) electrons. The number of rotatable bonds is 3. The third kappa shape index (κ3) is 2.73. The van der Waals surface area contributed by atoms with Gasteiger partial charge in [0.2, 0.25) is 0 Å². The lowest BCUT2D eigenvalue weighted by molar-refractivity contribution is 0.371.